The van der Waals surface area contributed by atoms with Crippen LogP contribution in [0.15, 0.2) is 42.5 Å². The fourth-order valence-electron chi connectivity index (χ4n) is 1.36. The highest BCUT2D eigenvalue weighted by Crippen LogP contribution is 2.37. The molecule has 0 atom stereocenters. The molecule has 2 rings (SSSR count). The van der Waals surface area contributed by atoms with Crippen molar-refractivity contribution in [3.63, 3.8) is 0 Å². The summed E-state index contributed by atoms with van der Waals surface area (Å²) in [7, 11) is 0. The monoisotopic (exact) mass is 283 g/mol. The van der Waals surface area contributed by atoms with Crippen LogP contribution in [0, 0.1) is 10.1 Å². The third kappa shape index (κ3) is 2.72. The van der Waals surface area contributed by atoms with E-state index in [9.17, 15) is 10.1 Å². The molecule has 2 aromatic rings. The molecule has 2 aromatic carbocycles. The van der Waals surface area contributed by atoms with Gasteiger partial charge in [-0.05, 0) is 30.3 Å². The Morgan fingerprint density at radius 3 is 2.33 bits per heavy atom. The van der Waals surface area contributed by atoms with Crippen molar-refractivity contribution in [1.82, 2.24) is 0 Å². The van der Waals surface area contributed by atoms with Crippen LogP contribution in [0.1, 0.15) is 0 Å². The smallest absolute Gasteiger partial charge is 0.313 e. The van der Waals surface area contributed by atoms with Crippen LogP contribution in [-0.2, 0) is 0 Å². The van der Waals surface area contributed by atoms with Crippen molar-refractivity contribution in [3.05, 3.63) is 62.6 Å². The Bertz CT molecular complexity index is 584. The summed E-state index contributed by atoms with van der Waals surface area (Å²) in [6, 6.07) is 10.8. The minimum atomic E-state index is -0.545. The first kappa shape index (κ1) is 12.7. The van der Waals surface area contributed by atoms with Gasteiger partial charge in [0.1, 0.15) is 5.75 Å². The zero-order chi connectivity index (χ0) is 13.1. The second kappa shape index (κ2) is 5.25. The van der Waals surface area contributed by atoms with Crippen molar-refractivity contribution in [2.24, 2.45) is 0 Å². The highest BCUT2D eigenvalue weighted by Gasteiger charge is 2.18. The van der Waals surface area contributed by atoms with Gasteiger partial charge < -0.3 is 4.74 Å². The molecule has 0 fully saturated rings. The number of hydrogen-bond acceptors (Lipinski definition) is 3. The fourth-order valence-corrected chi connectivity index (χ4v) is 1.70. The number of benzene rings is 2. The molecule has 0 bridgehead atoms. The molecule has 0 saturated heterocycles. The number of nitro groups is 1. The second-order valence-electron chi connectivity index (χ2n) is 3.40. The fraction of sp³-hybridized carbons (Fsp3) is 0. The van der Waals surface area contributed by atoms with Gasteiger partial charge in [-0.15, -0.1) is 0 Å². The van der Waals surface area contributed by atoms with Crippen LogP contribution >= 0.6 is 23.2 Å². The van der Waals surface area contributed by atoms with Gasteiger partial charge in [0.05, 0.1) is 9.95 Å². The van der Waals surface area contributed by atoms with Crippen LogP contribution in [0.3, 0.4) is 0 Å². The normalized spacial score (nSPS) is 10.1. The predicted molar refractivity (Wildman–Crippen MR) is 69.6 cm³/mol. The molecule has 0 saturated carbocycles. The summed E-state index contributed by atoms with van der Waals surface area (Å²) in [5, 5.41) is 11.6. The van der Waals surface area contributed by atoms with Gasteiger partial charge in [0.15, 0.2) is 0 Å². The molecule has 0 aliphatic carbocycles. The maximum absolute atomic E-state index is 10.9. The van der Waals surface area contributed by atoms with Crippen molar-refractivity contribution in [2.75, 3.05) is 0 Å². The third-order valence-electron chi connectivity index (χ3n) is 2.18. The number of ether oxygens (including phenoxy) is 1. The Labute approximate surface area is 113 Å². The molecule has 0 radical (unpaired) electrons. The van der Waals surface area contributed by atoms with Crippen LogP contribution in [0.25, 0.3) is 0 Å². The lowest BCUT2D eigenvalue weighted by molar-refractivity contribution is -0.385. The Morgan fingerprint density at radius 2 is 1.72 bits per heavy atom. The highest BCUT2D eigenvalue weighted by atomic mass is 35.5. The largest absolute Gasteiger partial charge is 0.449 e. The van der Waals surface area contributed by atoms with Gasteiger partial charge in [-0.3, -0.25) is 10.1 Å². The summed E-state index contributed by atoms with van der Waals surface area (Å²) < 4.78 is 5.42. The average molecular weight is 284 g/mol. The Balaban J connectivity index is 2.39. The van der Waals surface area contributed by atoms with Gasteiger partial charge in [-0.1, -0.05) is 29.3 Å². The molecular weight excluding hydrogens is 277 g/mol. The maximum atomic E-state index is 10.9. The molecule has 18 heavy (non-hydrogen) atoms. The lowest BCUT2D eigenvalue weighted by Gasteiger charge is -2.07. The maximum Gasteiger partial charge on any atom is 0.313 e. The van der Waals surface area contributed by atoms with E-state index >= 15 is 0 Å². The summed E-state index contributed by atoms with van der Waals surface area (Å²) in [4.78, 5) is 10.3. The molecule has 0 aliphatic rings. The minimum absolute atomic E-state index is 0.0199. The molecule has 92 valence electrons. The van der Waals surface area contributed by atoms with E-state index in [1.807, 2.05) is 0 Å². The molecule has 0 amide bonds. The quantitative estimate of drug-likeness (QED) is 0.606. The molecule has 6 heteroatoms. The van der Waals surface area contributed by atoms with Crippen molar-refractivity contribution in [3.8, 4) is 11.5 Å². The lowest BCUT2D eigenvalue weighted by atomic mass is 10.3. The number of nitro benzene ring substituents is 1. The molecule has 0 spiro atoms. The molecule has 4 nitrogen and oxygen atoms in total. The summed E-state index contributed by atoms with van der Waals surface area (Å²) in [5.74, 6) is 0.446. The summed E-state index contributed by atoms with van der Waals surface area (Å²) in [6.45, 7) is 0. The first-order valence-electron chi connectivity index (χ1n) is 4.94. The van der Waals surface area contributed by atoms with Crippen LogP contribution in [0.4, 0.5) is 5.69 Å². The zero-order valence-electron chi connectivity index (χ0n) is 8.97. The van der Waals surface area contributed by atoms with Crippen molar-refractivity contribution in [1.29, 1.82) is 0 Å². The first-order chi connectivity index (χ1) is 8.58. The van der Waals surface area contributed by atoms with Crippen molar-refractivity contribution in [2.45, 2.75) is 0 Å². The number of nitrogens with zero attached hydrogens (tertiary/aromatic N) is 1. The van der Waals surface area contributed by atoms with Gasteiger partial charge >= 0.3 is 5.69 Å². The molecule has 0 unspecified atom stereocenters. The molecule has 0 heterocycles. The van der Waals surface area contributed by atoms with Gasteiger partial charge in [0.25, 0.3) is 0 Å². The van der Waals surface area contributed by atoms with Crippen molar-refractivity contribution < 1.29 is 9.66 Å². The highest BCUT2D eigenvalue weighted by molar-refractivity contribution is 6.32. The Kier molecular flexibility index (Phi) is 3.69. The van der Waals surface area contributed by atoms with Gasteiger partial charge in [-0.25, -0.2) is 0 Å². The first-order valence-corrected chi connectivity index (χ1v) is 5.70. The zero-order valence-corrected chi connectivity index (χ0v) is 10.5. The van der Waals surface area contributed by atoms with E-state index in [-0.39, 0.29) is 16.5 Å². The third-order valence-corrected chi connectivity index (χ3v) is 2.73. The van der Waals surface area contributed by atoms with Crippen LogP contribution in [0.2, 0.25) is 10.0 Å². The second-order valence-corrected chi connectivity index (χ2v) is 4.24. The van der Waals surface area contributed by atoms with Crippen LogP contribution in [0.5, 0.6) is 11.5 Å². The summed E-state index contributed by atoms with van der Waals surface area (Å²) >= 11 is 11.6. The number of rotatable bonds is 3. The number of halogens is 2. The predicted octanol–water partition coefficient (Wildman–Crippen LogP) is 4.69. The molecule has 0 aromatic heterocycles. The summed E-state index contributed by atoms with van der Waals surface area (Å²) in [6.07, 6.45) is 0. The van der Waals surface area contributed by atoms with Crippen molar-refractivity contribution >= 4 is 28.9 Å². The Morgan fingerprint density at radius 1 is 1.06 bits per heavy atom. The van der Waals surface area contributed by atoms with Crippen LogP contribution < -0.4 is 4.74 Å². The van der Waals surface area contributed by atoms with E-state index < -0.39 is 4.92 Å². The number of hydrogen-bond donors (Lipinski definition) is 0. The van der Waals surface area contributed by atoms with E-state index in [0.717, 1.165) is 0 Å². The average Bonchev–Trinajstić information content (AvgIpc) is 2.34. The lowest BCUT2D eigenvalue weighted by Crippen LogP contribution is -1.93. The van der Waals surface area contributed by atoms with E-state index in [1.165, 1.54) is 18.2 Å². The number of para-hydroxylation sites is 1. The topological polar surface area (TPSA) is 52.4 Å². The minimum Gasteiger partial charge on any atom is -0.449 e. The molecular formula is C12H7Cl2NO3. The Hall–Kier alpha value is -1.78. The molecule has 0 N–H and O–H groups in total. The standard InChI is InChI=1S/C12H7Cl2NO3/c13-8-4-6-9(7-5-8)18-12-10(14)2-1-3-11(12)15(16)17/h1-7H. The summed E-state index contributed by atoms with van der Waals surface area (Å²) in [5.41, 5.74) is -0.183. The van der Waals surface area contributed by atoms with E-state index in [4.69, 9.17) is 27.9 Å². The van der Waals surface area contributed by atoms with E-state index in [2.05, 4.69) is 0 Å². The van der Waals surface area contributed by atoms with Crippen LogP contribution in [-0.4, -0.2) is 4.92 Å². The SMILES string of the molecule is O=[N+]([O-])c1cccc(Cl)c1Oc1ccc(Cl)cc1. The van der Waals surface area contributed by atoms with Gasteiger partial charge in [0.2, 0.25) is 5.75 Å². The van der Waals surface area contributed by atoms with Gasteiger partial charge in [0, 0.05) is 11.1 Å². The van der Waals surface area contributed by atoms with E-state index in [1.54, 1.807) is 24.3 Å². The van der Waals surface area contributed by atoms with E-state index in [0.29, 0.717) is 10.8 Å². The van der Waals surface area contributed by atoms with Gasteiger partial charge in [-0.2, -0.15) is 0 Å². The molecule has 0 aliphatic heterocycles.